The molecule has 2 aromatic carbocycles. The fourth-order valence-corrected chi connectivity index (χ4v) is 4.96. The normalized spacial score (nSPS) is 16.2. The fraction of sp³-hybridized carbons (Fsp3) is 0.240. The standard InChI is InChI=1S/C25H21F2N3O2S/c26-18-8-4-16(5-9-18)21-14-28-22(32-21)13-20-3-1-2-12-30(20)25(31)23-24(33-15-29-23)17-6-10-19(27)11-7-17/h4-11,14-15,20H,1-3,12-13H2. The van der Waals surface area contributed by atoms with Gasteiger partial charge in [-0.05, 0) is 61.2 Å². The first-order valence-electron chi connectivity index (χ1n) is 10.8. The first kappa shape index (κ1) is 21.5. The number of oxazole rings is 1. The number of aromatic nitrogens is 2. The molecule has 0 aliphatic carbocycles. The maximum absolute atomic E-state index is 13.5. The van der Waals surface area contributed by atoms with Crippen LogP contribution in [0.1, 0.15) is 35.6 Å². The van der Waals surface area contributed by atoms with E-state index in [2.05, 4.69) is 9.97 Å². The number of benzene rings is 2. The highest BCUT2D eigenvalue weighted by Gasteiger charge is 2.31. The minimum atomic E-state index is -0.321. The first-order chi connectivity index (χ1) is 16.1. The lowest BCUT2D eigenvalue weighted by atomic mass is 9.98. The van der Waals surface area contributed by atoms with Gasteiger partial charge in [0.05, 0.1) is 16.6 Å². The van der Waals surface area contributed by atoms with E-state index in [1.807, 2.05) is 4.90 Å². The van der Waals surface area contributed by atoms with Gasteiger partial charge in [0.15, 0.2) is 11.7 Å². The molecule has 8 heteroatoms. The molecule has 1 unspecified atom stereocenters. The highest BCUT2D eigenvalue weighted by Crippen LogP contribution is 2.31. The van der Waals surface area contributed by atoms with E-state index in [1.165, 1.54) is 35.6 Å². The number of thiazole rings is 1. The highest BCUT2D eigenvalue weighted by atomic mass is 32.1. The number of hydrogen-bond acceptors (Lipinski definition) is 5. The van der Waals surface area contributed by atoms with Crippen molar-refractivity contribution in [3.63, 3.8) is 0 Å². The Labute approximate surface area is 193 Å². The van der Waals surface area contributed by atoms with Gasteiger partial charge >= 0.3 is 0 Å². The zero-order valence-electron chi connectivity index (χ0n) is 17.7. The number of amides is 1. The van der Waals surface area contributed by atoms with Gasteiger partial charge in [-0.25, -0.2) is 18.7 Å². The summed E-state index contributed by atoms with van der Waals surface area (Å²) >= 11 is 1.37. The molecule has 33 heavy (non-hydrogen) atoms. The van der Waals surface area contributed by atoms with Crippen molar-refractivity contribution in [1.29, 1.82) is 0 Å². The summed E-state index contributed by atoms with van der Waals surface area (Å²) in [6, 6.07) is 12.1. The van der Waals surface area contributed by atoms with Gasteiger partial charge in [0.2, 0.25) is 0 Å². The molecule has 1 aliphatic heterocycles. The van der Waals surface area contributed by atoms with Gasteiger partial charge in [-0.15, -0.1) is 11.3 Å². The van der Waals surface area contributed by atoms with Crippen molar-refractivity contribution in [2.24, 2.45) is 0 Å². The van der Waals surface area contributed by atoms with Crippen molar-refractivity contribution in [1.82, 2.24) is 14.9 Å². The molecule has 1 amide bonds. The zero-order chi connectivity index (χ0) is 22.8. The van der Waals surface area contributed by atoms with E-state index in [4.69, 9.17) is 4.42 Å². The Morgan fingerprint density at radius 3 is 2.42 bits per heavy atom. The number of halogens is 2. The predicted octanol–water partition coefficient (Wildman–Crippen LogP) is 5.98. The van der Waals surface area contributed by atoms with Gasteiger partial charge < -0.3 is 9.32 Å². The first-order valence-corrected chi connectivity index (χ1v) is 11.7. The number of carbonyl (C=O) groups excluding carboxylic acids is 1. The molecule has 0 radical (unpaired) electrons. The number of nitrogens with zero attached hydrogens (tertiary/aromatic N) is 3. The van der Waals surface area contributed by atoms with Crippen molar-refractivity contribution in [2.45, 2.75) is 31.7 Å². The number of hydrogen-bond donors (Lipinski definition) is 0. The van der Waals surface area contributed by atoms with Crippen LogP contribution in [0.5, 0.6) is 0 Å². The van der Waals surface area contributed by atoms with E-state index in [-0.39, 0.29) is 23.6 Å². The molecule has 2 aromatic heterocycles. The quantitative estimate of drug-likeness (QED) is 0.364. The number of likely N-dealkylation sites (tertiary alicyclic amines) is 1. The molecule has 5 nitrogen and oxygen atoms in total. The van der Waals surface area contributed by atoms with E-state index >= 15 is 0 Å². The minimum absolute atomic E-state index is 0.0614. The molecule has 0 saturated carbocycles. The van der Waals surface area contributed by atoms with Gasteiger partial charge in [-0.2, -0.15) is 0 Å². The van der Waals surface area contributed by atoms with E-state index in [1.54, 1.807) is 36.0 Å². The number of piperidine rings is 1. The van der Waals surface area contributed by atoms with Crippen LogP contribution in [0.4, 0.5) is 8.78 Å². The monoisotopic (exact) mass is 465 g/mol. The van der Waals surface area contributed by atoms with E-state index in [9.17, 15) is 13.6 Å². The molecule has 0 N–H and O–H groups in total. The van der Waals surface area contributed by atoms with Crippen molar-refractivity contribution < 1.29 is 18.0 Å². The lowest BCUT2D eigenvalue weighted by molar-refractivity contribution is 0.0601. The third-order valence-electron chi connectivity index (χ3n) is 5.86. The Bertz CT molecular complexity index is 1250. The van der Waals surface area contributed by atoms with Gasteiger partial charge in [0, 0.05) is 24.6 Å². The Morgan fingerprint density at radius 1 is 1.00 bits per heavy atom. The van der Waals surface area contributed by atoms with Crippen molar-refractivity contribution >= 4 is 17.2 Å². The van der Waals surface area contributed by atoms with Gasteiger partial charge in [-0.3, -0.25) is 4.79 Å². The van der Waals surface area contributed by atoms with Crippen LogP contribution in [0, 0.1) is 11.6 Å². The summed E-state index contributed by atoms with van der Waals surface area (Å²) in [5.41, 5.74) is 3.55. The average Bonchev–Trinajstić information content (AvgIpc) is 3.50. The third kappa shape index (κ3) is 4.57. The fourth-order valence-electron chi connectivity index (χ4n) is 4.17. The molecule has 4 aromatic rings. The molecule has 5 rings (SSSR count). The van der Waals surface area contributed by atoms with Gasteiger partial charge in [0.25, 0.3) is 5.91 Å². The molecule has 1 fully saturated rings. The smallest absolute Gasteiger partial charge is 0.274 e. The van der Waals surface area contributed by atoms with Crippen molar-refractivity contribution in [3.05, 3.63) is 83.5 Å². The molecular weight excluding hydrogens is 444 g/mol. The second-order valence-electron chi connectivity index (χ2n) is 8.01. The molecule has 1 aliphatic rings. The Hall–Kier alpha value is -3.39. The number of carbonyl (C=O) groups is 1. The van der Waals surface area contributed by atoms with Crippen LogP contribution < -0.4 is 0 Å². The Kier molecular flexibility index (Phi) is 6.00. The van der Waals surface area contributed by atoms with Crippen LogP contribution in [-0.4, -0.2) is 33.4 Å². The molecule has 168 valence electrons. The lowest BCUT2D eigenvalue weighted by Gasteiger charge is -2.35. The summed E-state index contributed by atoms with van der Waals surface area (Å²) in [6.45, 7) is 0.634. The summed E-state index contributed by atoms with van der Waals surface area (Å²) in [7, 11) is 0. The molecule has 3 heterocycles. The largest absolute Gasteiger partial charge is 0.441 e. The summed E-state index contributed by atoms with van der Waals surface area (Å²) in [6.07, 6.45) is 4.90. The average molecular weight is 466 g/mol. The third-order valence-corrected chi connectivity index (χ3v) is 6.73. The van der Waals surface area contributed by atoms with Crippen LogP contribution in [0.3, 0.4) is 0 Å². The lowest BCUT2D eigenvalue weighted by Crippen LogP contribution is -2.45. The van der Waals surface area contributed by atoms with Gasteiger partial charge in [-0.1, -0.05) is 12.1 Å². The van der Waals surface area contributed by atoms with Crippen LogP contribution >= 0.6 is 11.3 Å². The highest BCUT2D eigenvalue weighted by molar-refractivity contribution is 7.13. The van der Waals surface area contributed by atoms with Gasteiger partial charge in [0.1, 0.15) is 17.3 Å². The molecule has 0 spiro atoms. The second-order valence-corrected chi connectivity index (χ2v) is 8.87. The van der Waals surface area contributed by atoms with Crippen LogP contribution in [0.25, 0.3) is 21.8 Å². The number of rotatable bonds is 5. The Morgan fingerprint density at radius 2 is 1.70 bits per heavy atom. The summed E-state index contributed by atoms with van der Waals surface area (Å²) in [4.78, 5) is 24.8. The van der Waals surface area contributed by atoms with Crippen molar-refractivity contribution in [3.8, 4) is 21.8 Å². The van der Waals surface area contributed by atoms with Crippen LogP contribution in [-0.2, 0) is 6.42 Å². The summed E-state index contributed by atoms with van der Waals surface area (Å²) in [5, 5.41) is 0. The van der Waals surface area contributed by atoms with Crippen molar-refractivity contribution in [2.75, 3.05) is 6.54 Å². The van der Waals surface area contributed by atoms with Crippen LogP contribution in [0.15, 0.2) is 64.7 Å². The Balaban J connectivity index is 1.36. The maximum Gasteiger partial charge on any atom is 0.274 e. The molecular formula is C25H21F2N3O2S. The summed E-state index contributed by atoms with van der Waals surface area (Å²) < 4.78 is 32.5. The molecule has 0 bridgehead atoms. The zero-order valence-corrected chi connectivity index (χ0v) is 18.5. The molecule has 1 atom stereocenters. The predicted molar refractivity (Wildman–Crippen MR) is 122 cm³/mol. The SMILES string of the molecule is O=C(c1ncsc1-c1ccc(F)cc1)N1CCCCC1Cc1ncc(-c2ccc(F)cc2)o1. The van der Waals surface area contributed by atoms with Crippen LogP contribution in [0.2, 0.25) is 0 Å². The summed E-state index contributed by atoms with van der Waals surface area (Å²) in [5.74, 6) is 0.341. The van der Waals surface area contributed by atoms with E-state index < -0.39 is 0 Å². The van der Waals surface area contributed by atoms with E-state index in [0.29, 0.717) is 30.3 Å². The topological polar surface area (TPSA) is 59.2 Å². The molecule has 1 saturated heterocycles. The maximum atomic E-state index is 13.5. The second kappa shape index (κ2) is 9.23. The van der Waals surface area contributed by atoms with E-state index in [0.717, 1.165) is 35.3 Å². The minimum Gasteiger partial charge on any atom is -0.441 e.